The third-order valence-electron chi connectivity index (χ3n) is 4.32. The van der Waals surface area contributed by atoms with Crippen LogP contribution in [-0.4, -0.2) is 29.4 Å². The Labute approximate surface area is 149 Å². The molecular weight excluding hydrogens is 342 g/mol. The molecule has 136 valence electrons. The van der Waals surface area contributed by atoms with Crippen molar-refractivity contribution < 1.29 is 23.1 Å². The molecular formula is C19H18F2N2O3. The number of ether oxygens (including phenoxy) is 1. The van der Waals surface area contributed by atoms with Crippen LogP contribution in [0.4, 0.5) is 14.5 Å². The van der Waals surface area contributed by atoms with Crippen LogP contribution in [0.1, 0.15) is 18.1 Å². The van der Waals surface area contributed by atoms with Crippen LogP contribution in [0.2, 0.25) is 0 Å². The first kappa shape index (κ1) is 17.8. The second-order valence-electron chi connectivity index (χ2n) is 6.00. The van der Waals surface area contributed by atoms with Crippen molar-refractivity contribution in [1.82, 2.24) is 4.90 Å². The fourth-order valence-electron chi connectivity index (χ4n) is 3.07. The van der Waals surface area contributed by atoms with Crippen LogP contribution in [0.25, 0.3) is 0 Å². The number of benzene rings is 2. The lowest BCUT2D eigenvalue weighted by Crippen LogP contribution is -2.49. The number of alkyl halides is 2. The van der Waals surface area contributed by atoms with Crippen molar-refractivity contribution in [2.24, 2.45) is 0 Å². The molecule has 1 aliphatic rings. The number of halogens is 2. The van der Waals surface area contributed by atoms with E-state index in [1.54, 1.807) is 6.07 Å². The van der Waals surface area contributed by atoms with E-state index in [-0.39, 0.29) is 17.3 Å². The van der Waals surface area contributed by atoms with Crippen molar-refractivity contribution in [3.05, 3.63) is 59.7 Å². The molecule has 0 aliphatic carbocycles. The molecule has 1 atom stereocenters. The van der Waals surface area contributed by atoms with Crippen molar-refractivity contribution in [1.29, 1.82) is 0 Å². The topological polar surface area (TPSA) is 58.6 Å². The molecule has 26 heavy (non-hydrogen) atoms. The van der Waals surface area contributed by atoms with Crippen LogP contribution in [0.15, 0.2) is 48.5 Å². The number of rotatable bonds is 4. The molecule has 7 heteroatoms. The van der Waals surface area contributed by atoms with E-state index < -0.39 is 18.6 Å². The summed E-state index contributed by atoms with van der Waals surface area (Å²) in [7, 11) is 0. The van der Waals surface area contributed by atoms with Crippen molar-refractivity contribution in [3.63, 3.8) is 0 Å². The number of hydrogen-bond donors (Lipinski definition) is 1. The van der Waals surface area contributed by atoms with E-state index in [0.717, 1.165) is 11.1 Å². The fraction of sp³-hybridized carbons (Fsp3) is 0.263. The minimum Gasteiger partial charge on any atom is -0.433 e. The highest BCUT2D eigenvalue weighted by atomic mass is 19.3. The lowest BCUT2D eigenvalue weighted by Gasteiger charge is -2.35. The molecule has 0 bridgehead atoms. The van der Waals surface area contributed by atoms with Gasteiger partial charge in [-0.3, -0.25) is 9.59 Å². The second kappa shape index (κ2) is 7.51. The molecule has 1 N–H and O–H groups in total. The van der Waals surface area contributed by atoms with E-state index in [1.165, 1.54) is 30.0 Å². The van der Waals surface area contributed by atoms with Crippen LogP contribution >= 0.6 is 0 Å². The van der Waals surface area contributed by atoms with Gasteiger partial charge in [-0.05, 0) is 23.3 Å². The van der Waals surface area contributed by atoms with Gasteiger partial charge in [-0.25, -0.2) is 0 Å². The number of anilines is 1. The standard InChI is InChI=1S/C19H18F2N2O3/c1-12(24)23-11-14-7-3-2-6-13(14)10-16(23)18(25)22-15-8-4-5-9-17(15)26-19(20)21/h2-9,16,19H,10-11H2,1H3,(H,22,25). The number of para-hydroxylation sites is 2. The molecule has 2 aromatic carbocycles. The lowest BCUT2D eigenvalue weighted by atomic mass is 9.93. The van der Waals surface area contributed by atoms with Crippen molar-refractivity contribution in [2.45, 2.75) is 32.5 Å². The normalized spacial score (nSPS) is 16.2. The number of carbonyl (C=O) groups is 2. The monoisotopic (exact) mass is 360 g/mol. The van der Waals surface area contributed by atoms with Gasteiger partial charge in [0.1, 0.15) is 11.8 Å². The molecule has 0 saturated heterocycles. The van der Waals surface area contributed by atoms with E-state index >= 15 is 0 Å². The highest BCUT2D eigenvalue weighted by Crippen LogP contribution is 2.28. The van der Waals surface area contributed by atoms with E-state index in [9.17, 15) is 18.4 Å². The Bertz CT molecular complexity index is 826. The average molecular weight is 360 g/mol. The summed E-state index contributed by atoms with van der Waals surface area (Å²) >= 11 is 0. The third-order valence-corrected chi connectivity index (χ3v) is 4.32. The number of nitrogens with zero attached hydrogens (tertiary/aromatic N) is 1. The molecule has 1 heterocycles. The van der Waals surface area contributed by atoms with E-state index in [4.69, 9.17) is 0 Å². The molecule has 0 aromatic heterocycles. The number of fused-ring (bicyclic) bond motifs is 1. The van der Waals surface area contributed by atoms with Gasteiger partial charge in [0, 0.05) is 19.9 Å². The van der Waals surface area contributed by atoms with Crippen LogP contribution in [-0.2, 0) is 22.6 Å². The molecule has 3 rings (SSSR count). The van der Waals surface area contributed by atoms with Gasteiger partial charge < -0.3 is 15.0 Å². The molecule has 2 aromatic rings. The zero-order valence-corrected chi connectivity index (χ0v) is 14.1. The summed E-state index contributed by atoms with van der Waals surface area (Å²) in [5, 5.41) is 2.61. The first-order valence-corrected chi connectivity index (χ1v) is 8.14. The second-order valence-corrected chi connectivity index (χ2v) is 6.00. The first-order valence-electron chi connectivity index (χ1n) is 8.14. The van der Waals surface area contributed by atoms with Gasteiger partial charge in [0.05, 0.1) is 5.69 Å². The van der Waals surface area contributed by atoms with Gasteiger partial charge in [-0.15, -0.1) is 0 Å². The van der Waals surface area contributed by atoms with Gasteiger partial charge >= 0.3 is 6.61 Å². The van der Waals surface area contributed by atoms with Crippen LogP contribution in [0.5, 0.6) is 5.75 Å². The third kappa shape index (κ3) is 3.82. The number of hydrogen-bond acceptors (Lipinski definition) is 3. The Kier molecular flexibility index (Phi) is 5.16. The summed E-state index contributed by atoms with van der Waals surface area (Å²) < 4.78 is 29.5. The summed E-state index contributed by atoms with van der Waals surface area (Å²) in [6.45, 7) is -1.26. The maximum atomic E-state index is 12.8. The van der Waals surface area contributed by atoms with Gasteiger partial charge in [-0.2, -0.15) is 8.78 Å². The fourth-order valence-corrected chi connectivity index (χ4v) is 3.07. The van der Waals surface area contributed by atoms with E-state index in [0.29, 0.717) is 13.0 Å². The summed E-state index contributed by atoms with van der Waals surface area (Å²) in [4.78, 5) is 26.3. The Balaban J connectivity index is 1.84. The minimum atomic E-state index is -3.00. The Morgan fingerprint density at radius 1 is 1.12 bits per heavy atom. The number of nitrogens with one attached hydrogen (secondary N) is 1. The summed E-state index contributed by atoms with van der Waals surface area (Å²) in [5.74, 6) is -0.793. The van der Waals surface area contributed by atoms with E-state index in [2.05, 4.69) is 10.1 Å². The average Bonchev–Trinajstić information content (AvgIpc) is 2.61. The molecule has 0 radical (unpaired) electrons. The van der Waals surface area contributed by atoms with Crippen molar-refractivity contribution >= 4 is 17.5 Å². The van der Waals surface area contributed by atoms with Gasteiger partial charge in [-0.1, -0.05) is 36.4 Å². The Morgan fingerprint density at radius 2 is 1.77 bits per heavy atom. The molecule has 1 unspecified atom stereocenters. The maximum Gasteiger partial charge on any atom is 0.387 e. The van der Waals surface area contributed by atoms with Gasteiger partial charge in [0.25, 0.3) is 0 Å². The summed E-state index contributed by atoms with van der Waals surface area (Å²) in [5.41, 5.74) is 2.12. The highest BCUT2D eigenvalue weighted by Gasteiger charge is 2.33. The Hall–Kier alpha value is -2.96. The van der Waals surface area contributed by atoms with Gasteiger partial charge in [0.2, 0.25) is 11.8 Å². The zero-order chi connectivity index (χ0) is 18.7. The number of amides is 2. The number of carbonyl (C=O) groups excluding carboxylic acids is 2. The highest BCUT2D eigenvalue weighted by molar-refractivity contribution is 5.98. The van der Waals surface area contributed by atoms with Crippen LogP contribution < -0.4 is 10.1 Å². The minimum absolute atomic E-state index is 0.124. The van der Waals surface area contributed by atoms with Crippen LogP contribution in [0, 0.1) is 0 Å². The summed E-state index contributed by atoms with van der Waals surface area (Å²) in [6.07, 6.45) is 0.361. The predicted octanol–water partition coefficient (Wildman–Crippen LogP) is 3.20. The van der Waals surface area contributed by atoms with E-state index in [1.807, 2.05) is 24.3 Å². The lowest BCUT2D eigenvalue weighted by molar-refractivity contribution is -0.138. The summed E-state index contributed by atoms with van der Waals surface area (Å²) in [6, 6.07) is 12.8. The van der Waals surface area contributed by atoms with Gasteiger partial charge in [0.15, 0.2) is 0 Å². The molecule has 5 nitrogen and oxygen atoms in total. The molecule has 2 amide bonds. The molecule has 0 spiro atoms. The first-order chi connectivity index (χ1) is 12.5. The smallest absolute Gasteiger partial charge is 0.387 e. The van der Waals surface area contributed by atoms with Crippen molar-refractivity contribution in [3.8, 4) is 5.75 Å². The van der Waals surface area contributed by atoms with Crippen LogP contribution in [0.3, 0.4) is 0 Å². The largest absolute Gasteiger partial charge is 0.433 e. The SMILES string of the molecule is CC(=O)N1Cc2ccccc2CC1C(=O)Nc1ccccc1OC(F)F. The maximum absolute atomic E-state index is 12.8. The quantitative estimate of drug-likeness (QED) is 0.911. The molecule has 0 fully saturated rings. The zero-order valence-electron chi connectivity index (χ0n) is 14.1. The molecule has 1 aliphatic heterocycles. The Morgan fingerprint density at radius 3 is 2.46 bits per heavy atom. The molecule has 0 saturated carbocycles. The van der Waals surface area contributed by atoms with Crippen molar-refractivity contribution in [2.75, 3.05) is 5.32 Å². The predicted molar refractivity (Wildman–Crippen MR) is 91.9 cm³/mol.